The molecule has 4 aromatic rings. The van der Waals surface area contributed by atoms with Gasteiger partial charge in [-0.3, -0.25) is 14.0 Å². The van der Waals surface area contributed by atoms with Crippen molar-refractivity contribution in [2.45, 2.75) is 26.9 Å². The molecular weight excluding hydrogens is 396 g/mol. The summed E-state index contributed by atoms with van der Waals surface area (Å²) in [5.41, 5.74) is 3.76. The molecule has 0 aliphatic heterocycles. The van der Waals surface area contributed by atoms with Gasteiger partial charge in [-0.05, 0) is 31.5 Å². The van der Waals surface area contributed by atoms with Crippen LogP contribution in [-0.4, -0.2) is 15.3 Å². The van der Waals surface area contributed by atoms with Gasteiger partial charge in [0.1, 0.15) is 0 Å². The summed E-state index contributed by atoms with van der Waals surface area (Å²) < 4.78 is 1.63. The van der Waals surface area contributed by atoms with Gasteiger partial charge in [-0.15, -0.1) is 11.3 Å². The number of hydrogen-bond donors (Lipinski definition) is 2. The molecule has 4 rings (SSSR count). The maximum Gasteiger partial charge on any atom is 0.259 e. The number of aryl methyl sites for hydroxylation is 2. The van der Waals surface area contributed by atoms with Crippen molar-refractivity contribution in [3.05, 3.63) is 98.4 Å². The van der Waals surface area contributed by atoms with Crippen LogP contribution in [0, 0.1) is 13.8 Å². The number of carbonyl (C=O) groups excluding carboxylic acids is 1. The first-order valence-electron chi connectivity index (χ1n) is 9.66. The molecule has 2 heterocycles. The molecule has 0 atom stereocenters. The van der Waals surface area contributed by atoms with Gasteiger partial charge in [0.15, 0.2) is 4.96 Å². The SMILES string of the molecule is Cc1sc2nc(CNc3ccccc3C(=O)NCc3ccccc3)cc(=O)n2c1C. The fourth-order valence-corrected chi connectivity index (χ4v) is 4.23. The smallest absolute Gasteiger partial charge is 0.259 e. The first kappa shape index (κ1) is 19.8. The number of nitrogens with one attached hydrogen (secondary N) is 2. The highest BCUT2D eigenvalue weighted by molar-refractivity contribution is 7.17. The van der Waals surface area contributed by atoms with Gasteiger partial charge in [-0.2, -0.15) is 0 Å². The molecule has 0 fully saturated rings. The zero-order chi connectivity index (χ0) is 21.1. The van der Waals surface area contributed by atoms with Gasteiger partial charge in [0.05, 0.1) is 17.8 Å². The van der Waals surface area contributed by atoms with E-state index in [0.717, 1.165) is 16.1 Å². The summed E-state index contributed by atoms with van der Waals surface area (Å²) in [6.07, 6.45) is 0. The zero-order valence-electron chi connectivity index (χ0n) is 16.8. The van der Waals surface area contributed by atoms with Crippen LogP contribution in [-0.2, 0) is 13.1 Å². The number of fused-ring (bicyclic) bond motifs is 1. The van der Waals surface area contributed by atoms with E-state index in [1.54, 1.807) is 10.5 Å². The average Bonchev–Trinajstić information content (AvgIpc) is 3.05. The second-order valence-electron chi connectivity index (χ2n) is 7.01. The third-order valence-corrected chi connectivity index (χ3v) is 6.02. The highest BCUT2D eigenvalue weighted by Crippen LogP contribution is 2.20. The fraction of sp³-hybridized carbons (Fsp3) is 0.174. The Morgan fingerprint density at radius 2 is 1.77 bits per heavy atom. The lowest BCUT2D eigenvalue weighted by Crippen LogP contribution is -2.24. The molecule has 7 heteroatoms. The van der Waals surface area contributed by atoms with Crippen molar-refractivity contribution in [3.8, 4) is 0 Å². The largest absolute Gasteiger partial charge is 0.379 e. The van der Waals surface area contributed by atoms with E-state index in [2.05, 4.69) is 15.6 Å². The summed E-state index contributed by atoms with van der Waals surface area (Å²) in [6.45, 7) is 4.71. The zero-order valence-corrected chi connectivity index (χ0v) is 17.6. The van der Waals surface area contributed by atoms with E-state index in [1.165, 1.54) is 17.4 Å². The highest BCUT2D eigenvalue weighted by atomic mass is 32.1. The maximum absolute atomic E-state index is 12.7. The summed E-state index contributed by atoms with van der Waals surface area (Å²) in [5.74, 6) is -0.157. The van der Waals surface area contributed by atoms with E-state index in [0.29, 0.717) is 35.0 Å². The quantitative estimate of drug-likeness (QED) is 0.498. The molecule has 0 spiro atoms. The molecule has 2 N–H and O–H groups in total. The van der Waals surface area contributed by atoms with Crippen molar-refractivity contribution in [3.63, 3.8) is 0 Å². The summed E-state index contributed by atoms with van der Waals surface area (Å²) in [5, 5.41) is 6.21. The van der Waals surface area contributed by atoms with Crippen LogP contribution >= 0.6 is 11.3 Å². The van der Waals surface area contributed by atoms with Crippen LogP contribution in [0.25, 0.3) is 4.96 Å². The summed E-state index contributed by atoms with van der Waals surface area (Å²) in [6, 6.07) is 18.6. The summed E-state index contributed by atoms with van der Waals surface area (Å²) >= 11 is 1.50. The van der Waals surface area contributed by atoms with Crippen molar-refractivity contribution in [1.82, 2.24) is 14.7 Å². The lowest BCUT2D eigenvalue weighted by atomic mass is 10.1. The highest BCUT2D eigenvalue weighted by Gasteiger charge is 2.13. The number of nitrogens with zero attached hydrogens (tertiary/aromatic N) is 2. The second-order valence-corrected chi connectivity index (χ2v) is 8.20. The first-order valence-corrected chi connectivity index (χ1v) is 10.5. The van der Waals surface area contributed by atoms with E-state index in [4.69, 9.17) is 0 Å². The Kier molecular flexibility index (Phi) is 5.63. The van der Waals surface area contributed by atoms with Gasteiger partial charge in [0, 0.05) is 28.9 Å². The first-order chi connectivity index (χ1) is 14.5. The van der Waals surface area contributed by atoms with Crippen LogP contribution in [0.15, 0.2) is 65.5 Å². The molecule has 30 heavy (non-hydrogen) atoms. The van der Waals surface area contributed by atoms with Crippen LogP contribution in [0.1, 0.15) is 32.2 Å². The number of aromatic nitrogens is 2. The van der Waals surface area contributed by atoms with Crippen molar-refractivity contribution < 1.29 is 4.79 Å². The van der Waals surface area contributed by atoms with Crippen LogP contribution in [0.3, 0.4) is 0 Å². The number of hydrogen-bond acceptors (Lipinski definition) is 5. The fourth-order valence-electron chi connectivity index (χ4n) is 3.24. The predicted octanol–water partition coefficient (Wildman–Crippen LogP) is 3.91. The van der Waals surface area contributed by atoms with Gasteiger partial charge >= 0.3 is 0 Å². The second kappa shape index (κ2) is 8.51. The Morgan fingerprint density at radius 3 is 2.57 bits per heavy atom. The Hall–Kier alpha value is -3.45. The molecule has 2 aromatic heterocycles. The minimum atomic E-state index is -0.157. The Bertz CT molecular complexity index is 1260. The number of amides is 1. The minimum absolute atomic E-state index is 0.0902. The van der Waals surface area contributed by atoms with E-state index < -0.39 is 0 Å². The number of para-hydroxylation sites is 1. The van der Waals surface area contributed by atoms with Gasteiger partial charge in [0.25, 0.3) is 11.5 Å². The number of benzene rings is 2. The summed E-state index contributed by atoms with van der Waals surface area (Å²) in [7, 11) is 0. The van der Waals surface area contributed by atoms with Crippen LogP contribution in [0.2, 0.25) is 0 Å². The van der Waals surface area contributed by atoms with E-state index in [-0.39, 0.29) is 11.5 Å². The monoisotopic (exact) mass is 418 g/mol. The Balaban J connectivity index is 1.50. The van der Waals surface area contributed by atoms with Gasteiger partial charge in [0.2, 0.25) is 0 Å². The molecule has 0 bridgehead atoms. The third-order valence-electron chi connectivity index (χ3n) is 4.96. The molecule has 0 aliphatic rings. The van der Waals surface area contributed by atoms with Crippen molar-refractivity contribution in [2.75, 3.05) is 5.32 Å². The number of rotatable bonds is 6. The molecule has 0 unspecified atom stereocenters. The van der Waals surface area contributed by atoms with E-state index in [1.807, 2.05) is 62.4 Å². The standard InChI is InChI=1S/C23H22N4O2S/c1-15-16(2)30-23-26-18(12-21(28)27(15)23)14-24-20-11-7-6-10-19(20)22(29)25-13-17-8-4-3-5-9-17/h3-12,24H,13-14H2,1-2H3,(H,25,29). The number of thiazole rings is 1. The van der Waals surface area contributed by atoms with Crippen LogP contribution in [0.5, 0.6) is 0 Å². The topological polar surface area (TPSA) is 75.5 Å². The number of carbonyl (C=O) groups is 1. The Morgan fingerprint density at radius 1 is 1.03 bits per heavy atom. The summed E-state index contributed by atoms with van der Waals surface area (Å²) in [4.78, 5) is 31.5. The molecule has 152 valence electrons. The van der Waals surface area contributed by atoms with Crippen molar-refractivity contribution >= 4 is 27.9 Å². The lowest BCUT2D eigenvalue weighted by Gasteiger charge is -2.12. The molecule has 2 aromatic carbocycles. The predicted molar refractivity (Wildman–Crippen MR) is 120 cm³/mol. The molecule has 0 saturated carbocycles. The molecule has 1 amide bonds. The van der Waals surface area contributed by atoms with Crippen LogP contribution < -0.4 is 16.2 Å². The number of anilines is 1. The van der Waals surface area contributed by atoms with Gasteiger partial charge in [-0.1, -0.05) is 42.5 Å². The molecule has 0 saturated heterocycles. The van der Waals surface area contributed by atoms with E-state index in [9.17, 15) is 9.59 Å². The average molecular weight is 419 g/mol. The van der Waals surface area contributed by atoms with Crippen molar-refractivity contribution in [1.29, 1.82) is 0 Å². The molecule has 0 aliphatic carbocycles. The van der Waals surface area contributed by atoms with Gasteiger partial charge < -0.3 is 10.6 Å². The normalized spacial score (nSPS) is 10.9. The third kappa shape index (κ3) is 4.11. The van der Waals surface area contributed by atoms with Gasteiger partial charge in [-0.25, -0.2) is 4.98 Å². The molecular formula is C23H22N4O2S. The maximum atomic E-state index is 12.7. The van der Waals surface area contributed by atoms with Crippen molar-refractivity contribution in [2.24, 2.45) is 0 Å². The molecule has 6 nitrogen and oxygen atoms in total. The lowest BCUT2D eigenvalue weighted by molar-refractivity contribution is 0.0951. The minimum Gasteiger partial charge on any atom is -0.379 e. The Labute approximate surface area is 178 Å². The van der Waals surface area contributed by atoms with E-state index >= 15 is 0 Å². The molecule has 0 radical (unpaired) electrons. The van der Waals surface area contributed by atoms with Crippen LogP contribution in [0.4, 0.5) is 5.69 Å².